The maximum atomic E-state index is 12.6. The summed E-state index contributed by atoms with van der Waals surface area (Å²) >= 11 is 0. The van der Waals surface area contributed by atoms with Crippen molar-refractivity contribution in [2.75, 3.05) is 17.9 Å². The Kier molecular flexibility index (Phi) is 5.01. The van der Waals surface area contributed by atoms with Gasteiger partial charge in [0.2, 0.25) is 0 Å². The molecule has 1 aliphatic heterocycles. The Bertz CT molecular complexity index is 947. The van der Waals surface area contributed by atoms with E-state index in [0.29, 0.717) is 36.0 Å². The second-order valence-corrected chi connectivity index (χ2v) is 8.87. The summed E-state index contributed by atoms with van der Waals surface area (Å²) in [4.78, 5) is 12.2. The highest BCUT2D eigenvalue weighted by atomic mass is 32.2. The summed E-state index contributed by atoms with van der Waals surface area (Å²) in [5, 5.41) is 2.83. The first-order valence-electron chi connectivity index (χ1n) is 8.49. The van der Waals surface area contributed by atoms with Crippen molar-refractivity contribution in [2.45, 2.75) is 31.2 Å². The predicted octanol–water partition coefficient (Wildman–Crippen LogP) is 2.79. The molecule has 0 bridgehead atoms. The van der Waals surface area contributed by atoms with Gasteiger partial charge in [-0.05, 0) is 57.2 Å². The number of nitrogens with one attached hydrogen (secondary N) is 2. The summed E-state index contributed by atoms with van der Waals surface area (Å²) in [6, 6.07) is 10.6. The fourth-order valence-electron chi connectivity index (χ4n) is 2.52. The van der Waals surface area contributed by atoms with Gasteiger partial charge in [-0.25, -0.2) is 8.42 Å². The molecular weight excluding hydrogens is 368 g/mol. The Morgan fingerprint density at radius 3 is 2.22 bits per heavy atom. The molecule has 2 N–H and O–H groups in total. The van der Waals surface area contributed by atoms with Crippen LogP contribution in [0.15, 0.2) is 47.4 Å². The Labute approximate surface area is 158 Å². The average molecular weight is 390 g/mol. The fourth-order valence-corrected chi connectivity index (χ4v) is 3.57. The number of sulfonamides is 1. The lowest BCUT2D eigenvalue weighted by Crippen LogP contribution is -2.40. The molecule has 0 atom stereocenters. The molecule has 0 saturated heterocycles. The second-order valence-electron chi connectivity index (χ2n) is 7.19. The number of fused-ring (bicyclic) bond motifs is 1. The molecule has 2 aromatic rings. The summed E-state index contributed by atoms with van der Waals surface area (Å²) in [5.74, 6) is 0.820. The molecule has 1 heterocycles. The van der Waals surface area contributed by atoms with Gasteiger partial charge in [0.15, 0.2) is 11.5 Å². The molecular formula is C19H22N2O5S. The third-order valence-electron chi connectivity index (χ3n) is 3.71. The van der Waals surface area contributed by atoms with E-state index in [4.69, 9.17) is 9.47 Å². The third kappa shape index (κ3) is 4.71. The molecule has 0 saturated carbocycles. The van der Waals surface area contributed by atoms with Gasteiger partial charge in [0.25, 0.3) is 15.9 Å². The molecule has 27 heavy (non-hydrogen) atoms. The molecule has 2 aromatic carbocycles. The molecule has 3 rings (SSSR count). The van der Waals surface area contributed by atoms with E-state index >= 15 is 0 Å². The summed E-state index contributed by atoms with van der Waals surface area (Å²) < 4.78 is 38.6. The zero-order valence-corrected chi connectivity index (χ0v) is 16.2. The van der Waals surface area contributed by atoms with Crippen LogP contribution >= 0.6 is 0 Å². The van der Waals surface area contributed by atoms with Crippen molar-refractivity contribution in [3.8, 4) is 11.5 Å². The lowest BCUT2D eigenvalue weighted by atomic mass is 10.1. The third-order valence-corrected chi connectivity index (χ3v) is 5.11. The number of carbonyl (C=O) groups is 1. The van der Waals surface area contributed by atoms with Crippen molar-refractivity contribution in [1.82, 2.24) is 5.32 Å². The summed E-state index contributed by atoms with van der Waals surface area (Å²) in [6.45, 7) is 6.51. The predicted molar refractivity (Wildman–Crippen MR) is 102 cm³/mol. The van der Waals surface area contributed by atoms with E-state index in [1.54, 1.807) is 18.2 Å². The Balaban J connectivity index is 1.76. The maximum Gasteiger partial charge on any atom is 0.261 e. The first-order chi connectivity index (χ1) is 12.6. The van der Waals surface area contributed by atoms with E-state index in [-0.39, 0.29) is 16.3 Å². The first kappa shape index (κ1) is 19.0. The summed E-state index contributed by atoms with van der Waals surface area (Å²) in [6.07, 6.45) is 0. The van der Waals surface area contributed by atoms with Crippen LogP contribution in [-0.4, -0.2) is 33.1 Å². The van der Waals surface area contributed by atoms with Gasteiger partial charge < -0.3 is 14.8 Å². The molecule has 0 radical (unpaired) electrons. The van der Waals surface area contributed by atoms with Crippen LogP contribution in [0, 0.1) is 0 Å². The number of hydrogen-bond acceptors (Lipinski definition) is 5. The standard InChI is InChI=1S/C19H22N2O5S/c1-19(2,3)20-18(22)13-4-7-15(8-5-13)27(23,24)21-14-6-9-16-17(12-14)26-11-10-25-16/h4-9,12,21H,10-11H2,1-3H3,(H,20,22). The van der Waals surface area contributed by atoms with E-state index in [1.165, 1.54) is 24.3 Å². The van der Waals surface area contributed by atoms with Crippen molar-refractivity contribution in [3.63, 3.8) is 0 Å². The maximum absolute atomic E-state index is 12.6. The number of carbonyl (C=O) groups excluding carboxylic acids is 1. The Morgan fingerprint density at radius 2 is 1.59 bits per heavy atom. The Hall–Kier alpha value is -2.74. The number of amides is 1. The molecule has 7 nitrogen and oxygen atoms in total. The van der Waals surface area contributed by atoms with Crippen molar-refractivity contribution in [3.05, 3.63) is 48.0 Å². The number of rotatable bonds is 4. The van der Waals surface area contributed by atoms with Crippen LogP contribution in [0.4, 0.5) is 5.69 Å². The normalized spacial score (nSPS) is 13.7. The molecule has 8 heteroatoms. The largest absolute Gasteiger partial charge is 0.486 e. The number of ether oxygens (including phenoxy) is 2. The van der Waals surface area contributed by atoms with Gasteiger partial charge in [-0.1, -0.05) is 0 Å². The first-order valence-corrected chi connectivity index (χ1v) is 9.97. The van der Waals surface area contributed by atoms with E-state index in [1.807, 2.05) is 20.8 Å². The monoisotopic (exact) mass is 390 g/mol. The molecule has 1 amide bonds. The van der Waals surface area contributed by atoms with Crippen LogP contribution < -0.4 is 19.5 Å². The molecule has 0 unspecified atom stereocenters. The van der Waals surface area contributed by atoms with Gasteiger partial charge in [0.05, 0.1) is 10.6 Å². The van der Waals surface area contributed by atoms with Crippen LogP contribution in [0.5, 0.6) is 11.5 Å². The van der Waals surface area contributed by atoms with Crippen LogP contribution in [-0.2, 0) is 10.0 Å². The second kappa shape index (κ2) is 7.11. The van der Waals surface area contributed by atoms with Crippen molar-refractivity contribution in [1.29, 1.82) is 0 Å². The minimum atomic E-state index is -3.80. The Morgan fingerprint density at radius 1 is 0.963 bits per heavy atom. The van der Waals surface area contributed by atoms with Gasteiger partial charge >= 0.3 is 0 Å². The number of benzene rings is 2. The molecule has 0 aromatic heterocycles. The van der Waals surface area contributed by atoms with Crippen molar-refractivity contribution >= 4 is 21.6 Å². The summed E-state index contributed by atoms with van der Waals surface area (Å²) in [5.41, 5.74) is 0.388. The number of hydrogen-bond donors (Lipinski definition) is 2. The van der Waals surface area contributed by atoms with E-state index in [2.05, 4.69) is 10.0 Å². The van der Waals surface area contributed by atoms with E-state index in [0.717, 1.165) is 0 Å². The number of anilines is 1. The van der Waals surface area contributed by atoms with Crippen LogP contribution in [0.25, 0.3) is 0 Å². The smallest absolute Gasteiger partial charge is 0.261 e. The minimum absolute atomic E-state index is 0.0599. The van der Waals surface area contributed by atoms with Gasteiger partial charge in [0, 0.05) is 17.2 Å². The SMILES string of the molecule is CC(C)(C)NC(=O)c1ccc(S(=O)(=O)Nc2ccc3c(c2)OCCO3)cc1. The van der Waals surface area contributed by atoms with Crippen LogP contribution in [0.1, 0.15) is 31.1 Å². The molecule has 0 spiro atoms. The van der Waals surface area contributed by atoms with Crippen LogP contribution in [0.2, 0.25) is 0 Å². The highest BCUT2D eigenvalue weighted by Crippen LogP contribution is 2.33. The quantitative estimate of drug-likeness (QED) is 0.837. The van der Waals surface area contributed by atoms with Crippen molar-refractivity contribution in [2.24, 2.45) is 0 Å². The minimum Gasteiger partial charge on any atom is -0.486 e. The lowest BCUT2D eigenvalue weighted by molar-refractivity contribution is 0.0919. The zero-order valence-electron chi connectivity index (χ0n) is 15.4. The summed E-state index contributed by atoms with van der Waals surface area (Å²) in [7, 11) is -3.80. The molecule has 0 fully saturated rings. The van der Waals surface area contributed by atoms with Gasteiger partial charge in [-0.2, -0.15) is 0 Å². The van der Waals surface area contributed by atoms with Crippen LogP contribution in [0.3, 0.4) is 0 Å². The molecule has 1 aliphatic rings. The average Bonchev–Trinajstić information content (AvgIpc) is 2.60. The van der Waals surface area contributed by atoms with Gasteiger partial charge in [0.1, 0.15) is 13.2 Å². The van der Waals surface area contributed by atoms with Gasteiger partial charge in [-0.3, -0.25) is 9.52 Å². The highest BCUT2D eigenvalue weighted by Gasteiger charge is 2.19. The molecule has 144 valence electrons. The topological polar surface area (TPSA) is 93.7 Å². The van der Waals surface area contributed by atoms with Gasteiger partial charge in [-0.15, -0.1) is 0 Å². The lowest BCUT2D eigenvalue weighted by Gasteiger charge is -2.20. The van der Waals surface area contributed by atoms with E-state index in [9.17, 15) is 13.2 Å². The van der Waals surface area contributed by atoms with Crippen molar-refractivity contribution < 1.29 is 22.7 Å². The fraction of sp³-hybridized carbons (Fsp3) is 0.316. The highest BCUT2D eigenvalue weighted by molar-refractivity contribution is 7.92. The zero-order chi connectivity index (χ0) is 19.7. The van der Waals surface area contributed by atoms with E-state index < -0.39 is 10.0 Å². The molecule has 0 aliphatic carbocycles.